The molecule has 7 heteroatoms. The van der Waals surface area contributed by atoms with Crippen LogP contribution in [0.1, 0.15) is 20.2 Å². The third kappa shape index (κ3) is 4.18. The van der Waals surface area contributed by atoms with E-state index in [1.807, 2.05) is 28.5 Å². The number of hydrogen-bond acceptors (Lipinski definition) is 5. The normalized spacial score (nSPS) is 15.2. The lowest BCUT2D eigenvalue weighted by Crippen LogP contribution is -2.50. The van der Waals surface area contributed by atoms with Crippen molar-refractivity contribution in [3.63, 3.8) is 0 Å². The fourth-order valence-corrected chi connectivity index (χ4v) is 3.29. The summed E-state index contributed by atoms with van der Waals surface area (Å²) in [7, 11) is 0. The summed E-state index contributed by atoms with van der Waals surface area (Å²) in [4.78, 5) is 33.1. The molecule has 1 aliphatic heterocycles. The van der Waals surface area contributed by atoms with Gasteiger partial charge in [0.1, 0.15) is 5.69 Å². The highest BCUT2D eigenvalue weighted by Gasteiger charge is 2.22. The van der Waals surface area contributed by atoms with E-state index < -0.39 is 0 Å². The van der Waals surface area contributed by atoms with Crippen LogP contribution in [0.15, 0.2) is 41.9 Å². The maximum atomic E-state index is 12.3. The van der Waals surface area contributed by atoms with Gasteiger partial charge in [-0.1, -0.05) is 12.1 Å². The molecule has 2 aromatic heterocycles. The Kier molecular flexibility index (Phi) is 5.55. The van der Waals surface area contributed by atoms with Crippen LogP contribution >= 0.6 is 11.3 Å². The highest BCUT2D eigenvalue weighted by Crippen LogP contribution is 2.08. The molecule has 3 rings (SSSR count). The van der Waals surface area contributed by atoms with Crippen LogP contribution in [0.4, 0.5) is 0 Å². The number of piperazine rings is 1. The van der Waals surface area contributed by atoms with Gasteiger partial charge in [0, 0.05) is 45.5 Å². The predicted octanol–water partition coefficient (Wildman–Crippen LogP) is 1.33. The van der Waals surface area contributed by atoms with Crippen LogP contribution in [-0.4, -0.2) is 65.9 Å². The van der Waals surface area contributed by atoms with Gasteiger partial charge in [-0.3, -0.25) is 19.5 Å². The Hall–Kier alpha value is -2.25. The third-order valence-electron chi connectivity index (χ3n) is 4.00. The van der Waals surface area contributed by atoms with Gasteiger partial charge in [0.05, 0.1) is 4.88 Å². The first-order valence-electron chi connectivity index (χ1n) is 7.98. The van der Waals surface area contributed by atoms with Crippen LogP contribution in [0.5, 0.6) is 0 Å². The van der Waals surface area contributed by atoms with Gasteiger partial charge >= 0.3 is 0 Å². The summed E-state index contributed by atoms with van der Waals surface area (Å²) in [6.45, 7) is 4.41. The molecule has 1 saturated heterocycles. The van der Waals surface area contributed by atoms with Crippen LogP contribution in [0.25, 0.3) is 0 Å². The van der Waals surface area contributed by atoms with Crippen molar-refractivity contribution in [3.8, 4) is 0 Å². The smallest absolute Gasteiger partial charge is 0.272 e. The third-order valence-corrected chi connectivity index (χ3v) is 4.87. The first kappa shape index (κ1) is 16.6. The Bertz CT molecular complexity index is 667. The van der Waals surface area contributed by atoms with Gasteiger partial charge in [-0.2, -0.15) is 0 Å². The van der Waals surface area contributed by atoms with Crippen molar-refractivity contribution in [3.05, 3.63) is 52.5 Å². The molecule has 6 nitrogen and oxygen atoms in total. The molecule has 0 radical (unpaired) electrons. The van der Waals surface area contributed by atoms with E-state index in [1.165, 1.54) is 11.3 Å². The zero-order valence-corrected chi connectivity index (χ0v) is 14.2. The van der Waals surface area contributed by atoms with E-state index in [9.17, 15) is 9.59 Å². The molecule has 0 aromatic carbocycles. The Morgan fingerprint density at radius 1 is 1.12 bits per heavy atom. The number of hydrogen-bond donors (Lipinski definition) is 1. The molecule has 3 heterocycles. The first-order valence-corrected chi connectivity index (χ1v) is 8.86. The Balaban J connectivity index is 1.39. The van der Waals surface area contributed by atoms with Crippen molar-refractivity contribution in [2.75, 3.05) is 39.3 Å². The summed E-state index contributed by atoms with van der Waals surface area (Å²) < 4.78 is 0. The molecular formula is C17H20N4O2S. The van der Waals surface area contributed by atoms with Gasteiger partial charge in [-0.15, -0.1) is 11.3 Å². The van der Waals surface area contributed by atoms with E-state index in [1.54, 1.807) is 18.3 Å². The standard InChI is InChI=1S/C17H20N4O2S/c22-16(15-5-3-13-24-15)19-7-8-20-9-11-21(12-10-20)17(23)14-4-1-2-6-18-14/h1-6,13H,7-12H2,(H,19,22). The predicted molar refractivity (Wildman–Crippen MR) is 93.2 cm³/mol. The molecule has 2 aromatic rings. The number of pyridine rings is 1. The van der Waals surface area contributed by atoms with Crippen LogP contribution in [0, 0.1) is 0 Å². The minimum atomic E-state index is -0.0195. The van der Waals surface area contributed by atoms with Crippen molar-refractivity contribution in [1.29, 1.82) is 0 Å². The fourth-order valence-electron chi connectivity index (χ4n) is 2.65. The summed E-state index contributed by atoms with van der Waals surface area (Å²) in [5.74, 6) is -0.0322. The number of rotatable bonds is 5. The van der Waals surface area contributed by atoms with Gasteiger partial charge in [-0.25, -0.2) is 0 Å². The second-order valence-corrected chi connectivity index (χ2v) is 6.53. The second-order valence-electron chi connectivity index (χ2n) is 5.58. The summed E-state index contributed by atoms with van der Waals surface area (Å²) in [6, 6.07) is 9.07. The molecule has 2 amide bonds. The maximum absolute atomic E-state index is 12.3. The molecule has 0 saturated carbocycles. The molecule has 1 N–H and O–H groups in total. The fraction of sp³-hybridized carbons (Fsp3) is 0.353. The van der Waals surface area contributed by atoms with E-state index >= 15 is 0 Å². The zero-order chi connectivity index (χ0) is 16.8. The van der Waals surface area contributed by atoms with Gasteiger partial charge in [0.2, 0.25) is 0 Å². The van der Waals surface area contributed by atoms with E-state index in [4.69, 9.17) is 0 Å². The number of nitrogens with zero attached hydrogens (tertiary/aromatic N) is 3. The minimum Gasteiger partial charge on any atom is -0.350 e. The lowest BCUT2D eigenvalue weighted by Gasteiger charge is -2.34. The summed E-state index contributed by atoms with van der Waals surface area (Å²) in [6.07, 6.45) is 1.64. The van der Waals surface area contributed by atoms with E-state index in [0.29, 0.717) is 25.3 Å². The van der Waals surface area contributed by atoms with Crippen LogP contribution in [0.2, 0.25) is 0 Å². The van der Waals surface area contributed by atoms with Crippen molar-refractivity contribution in [1.82, 2.24) is 20.1 Å². The number of amides is 2. The quantitative estimate of drug-likeness (QED) is 0.889. The topological polar surface area (TPSA) is 65.5 Å². The highest BCUT2D eigenvalue weighted by molar-refractivity contribution is 7.12. The average molecular weight is 344 g/mol. The number of thiophene rings is 1. The molecule has 126 valence electrons. The van der Waals surface area contributed by atoms with Crippen LogP contribution in [0.3, 0.4) is 0 Å². The van der Waals surface area contributed by atoms with Gasteiger partial charge in [0.15, 0.2) is 0 Å². The summed E-state index contributed by atoms with van der Waals surface area (Å²) in [5.41, 5.74) is 0.495. The van der Waals surface area contributed by atoms with E-state index in [-0.39, 0.29) is 11.8 Å². The minimum absolute atomic E-state index is 0.0127. The molecule has 24 heavy (non-hydrogen) atoms. The molecule has 1 aliphatic rings. The van der Waals surface area contributed by atoms with E-state index in [0.717, 1.165) is 24.5 Å². The summed E-state index contributed by atoms with van der Waals surface area (Å²) >= 11 is 1.44. The molecule has 0 spiro atoms. The Morgan fingerprint density at radius 2 is 1.96 bits per heavy atom. The van der Waals surface area contributed by atoms with Crippen LogP contribution in [-0.2, 0) is 0 Å². The molecule has 0 bridgehead atoms. The van der Waals surface area contributed by atoms with E-state index in [2.05, 4.69) is 15.2 Å². The first-order chi connectivity index (χ1) is 11.7. The monoisotopic (exact) mass is 344 g/mol. The van der Waals surface area contributed by atoms with Crippen molar-refractivity contribution in [2.45, 2.75) is 0 Å². The molecule has 0 unspecified atom stereocenters. The van der Waals surface area contributed by atoms with Gasteiger partial charge in [-0.05, 0) is 23.6 Å². The van der Waals surface area contributed by atoms with Crippen molar-refractivity contribution in [2.24, 2.45) is 0 Å². The lowest BCUT2D eigenvalue weighted by atomic mass is 10.2. The largest absolute Gasteiger partial charge is 0.350 e. The van der Waals surface area contributed by atoms with Crippen molar-refractivity contribution < 1.29 is 9.59 Å². The Labute approximate surface area is 145 Å². The average Bonchev–Trinajstić information content (AvgIpc) is 3.17. The summed E-state index contributed by atoms with van der Waals surface area (Å²) in [5, 5.41) is 4.83. The van der Waals surface area contributed by atoms with Gasteiger partial charge in [0.25, 0.3) is 11.8 Å². The SMILES string of the molecule is O=C(NCCN1CCN(C(=O)c2ccccn2)CC1)c1cccs1. The number of nitrogens with one attached hydrogen (secondary N) is 1. The number of aromatic nitrogens is 1. The highest BCUT2D eigenvalue weighted by atomic mass is 32.1. The zero-order valence-electron chi connectivity index (χ0n) is 13.4. The molecule has 1 fully saturated rings. The molecule has 0 aliphatic carbocycles. The van der Waals surface area contributed by atoms with Gasteiger partial charge < -0.3 is 10.2 Å². The lowest BCUT2D eigenvalue weighted by molar-refractivity contribution is 0.0632. The molecular weight excluding hydrogens is 324 g/mol. The van der Waals surface area contributed by atoms with Crippen LogP contribution < -0.4 is 5.32 Å². The number of carbonyl (C=O) groups is 2. The maximum Gasteiger partial charge on any atom is 0.272 e. The molecule has 0 atom stereocenters. The van der Waals surface area contributed by atoms with Crippen molar-refractivity contribution >= 4 is 23.2 Å². The second kappa shape index (κ2) is 8.03. The Morgan fingerprint density at radius 3 is 2.62 bits per heavy atom. The number of carbonyl (C=O) groups excluding carboxylic acids is 2.